The van der Waals surface area contributed by atoms with Crippen LogP contribution in [0.4, 0.5) is 0 Å². The highest BCUT2D eigenvalue weighted by atomic mass is 16.3. The van der Waals surface area contributed by atoms with Crippen LogP contribution >= 0.6 is 0 Å². The summed E-state index contributed by atoms with van der Waals surface area (Å²) in [5.74, 6) is 0.507. The van der Waals surface area contributed by atoms with Crippen molar-refractivity contribution < 1.29 is 20.1 Å². The summed E-state index contributed by atoms with van der Waals surface area (Å²) < 4.78 is 0. The zero-order valence-electron chi connectivity index (χ0n) is 12.6. The number of rotatable bonds is 0. The number of hydrogen-bond acceptors (Lipinski definition) is 4. The van der Waals surface area contributed by atoms with Crippen LogP contribution in [0, 0.1) is 0 Å². The van der Waals surface area contributed by atoms with E-state index < -0.39 is 0 Å². The van der Waals surface area contributed by atoms with Crippen LogP contribution in [-0.4, -0.2) is 22.1 Å². The largest absolute Gasteiger partial charge is 0.508 e. The van der Waals surface area contributed by atoms with Crippen LogP contribution in [0.25, 0.3) is 0 Å². The first-order chi connectivity index (χ1) is 9.79. The zero-order valence-corrected chi connectivity index (χ0v) is 12.6. The van der Waals surface area contributed by atoms with Gasteiger partial charge in [0, 0.05) is 6.07 Å². The van der Waals surface area contributed by atoms with Gasteiger partial charge in [-0.2, -0.15) is 0 Å². The summed E-state index contributed by atoms with van der Waals surface area (Å²) >= 11 is 0. The number of carbonyl (C=O) groups is 1. The summed E-state index contributed by atoms with van der Waals surface area (Å²) in [6.45, 7) is 8.46. The molecule has 0 amide bonds. The van der Waals surface area contributed by atoms with Gasteiger partial charge in [-0.1, -0.05) is 39.0 Å². The molecular weight excluding hydrogens is 268 g/mol. The number of carbonyl (C=O) groups excluding carboxylic acids is 1. The van der Waals surface area contributed by atoms with Gasteiger partial charge in [-0.15, -0.1) is 0 Å². The molecule has 0 bridgehead atoms. The van der Waals surface area contributed by atoms with Gasteiger partial charge in [0.2, 0.25) is 0 Å². The van der Waals surface area contributed by atoms with Crippen LogP contribution in [-0.2, 0) is 10.2 Å². The van der Waals surface area contributed by atoms with E-state index >= 15 is 0 Å². The van der Waals surface area contributed by atoms with Crippen molar-refractivity contribution in [2.75, 3.05) is 0 Å². The Labute approximate surface area is 125 Å². The van der Waals surface area contributed by atoms with E-state index in [4.69, 9.17) is 20.1 Å². The number of phenolic OH excluding ortho intramolecular Hbond substituents is 3. The van der Waals surface area contributed by atoms with Gasteiger partial charge < -0.3 is 20.1 Å². The third-order valence-corrected chi connectivity index (χ3v) is 2.56. The molecule has 0 spiro atoms. The molecule has 0 aliphatic heterocycles. The lowest BCUT2D eigenvalue weighted by Crippen LogP contribution is -2.10. The molecule has 0 fully saturated rings. The second kappa shape index (κ2) is 8.64. The molecular formula is C17H22O4. The highest BCUT2D eigenvalue weighted by Crippen LogP contribution is 2.23. The fraction of sp³-hybridized carbons (Fsp3) is 0.235. The molecule has 0 aliphatic carbocycles. The highest BCUT2D eigenvalue weighted by molar-refractivity contribution is 5.30. The summed E-state index contributed by atoms with van der Waals surface area (Å²) in [5, 5.41) is 26.3. The van der Waals surface area contributed by atoms with Gasteiger partial charge in [0.15, 0.2) is 0 Å². The number of phenols is 3. The summed E-state index contributed by atoms with van der Waals surface area (Å²) in [5.41, 5.74) is 1.42. The molecule has 3 N–H and O–H groups in total. The lowest BCUT2D eigenvalue weighted by molar-refractivity contribution is -0.0979. The van der Waals surface area contributed by atoms with Gasteiger partial charge >= 0.3 is 0 Å². The Kier molecular flexibility index (Phi) is 7.61. The lowest BCUT2D eigenvalue weighted by Gasteiger charge is -2.18. The molecule has 0 unspecified atom stereocenters. The highest BCUT2D eigenvalue weighted by Gasteiger charge is 2.12. The average molecular weight is 290 g/mol. The van der Waals surface area contributed by atoms with Crippen LogP contribution in [0.5, 0.6) is 17.2 Å². The Morgan fingerprint density at radius 1 is 0.762 bits per heavy atom. The SMILES string of the molecule is C=O.CC(C)(C)c1ccc(O)cc1.Oc1cccc(O)c1. The standard InChI is InChI=1S/C10H14O.C6H6O2.CH2O/c1-10(2,3)8-4-6-9(11)7-5-8;7-5-2-1-3-6(8)4-5;1-2/h4-7,11H,1-3H3;1-4,7-8H;1H2. The average Bonchev–Trinajstić information content (AvgIpc) is 2.41. The van der Waals surface area contributed by atoms with Crippen LogP contribution in [0.1, 0.15) is 26.3 Å². The molecule has 2 rings (SSSR count). The molecule has 2 aromatic carbocycles. The summed E-state index contributed by atoms with van der Waals surface area (Å²) in [6.07, 6.45) is 0. The predicted octanol–water partition coefficient (Wildman–Crippen LogP) is 3.60. The van der Waals surface area contributed by atoms with Crippen LogP contribution in [0.15, 0.2) is 48.5 Å². The smallest absolute Gasteiger partial charge is 0.119 e. The van der Waals surface area contributed by atoms with E-state index in [0.717, 1.165) is 0 Å². The summed E-state index contributed by atoms with van der Waals surface area (Å²) in [6, 6.07) is 13.2. The van der Waals surface area contributed by atoms with E-state index in [1.165, 1.54) is 23.8 Å². The molecule has 0 saturated heterocycles. The fourth-order valence-corrected chi connectivity index (χ4v) is 1.45. The zero-order chi connectivity index (χ0) is 16.5. The molecule has 0 saturated carbocycles. The molecule has 4 nitrogen and oxygen atoms in total. The maximum Gasteiger partial charge on any atom is 0.119 e. The van der Waals surface area contributed by atoms with E-state index in [2.05, 4.69) is 20.8 Å². The molecule has 2 aromatic rings. The van der Waals surface area contributed by atoms with Gasteiger partial charge in [-0.05, 0) is 35.2 Å². The Balaban J connectivity index is 0.000000354. The first-order valence-electron chi connectivity index (χ1n) is 6.35. The Bertz CT molecular complexity index is 510. The monoisotopic (exact) mass is 290 g/mol. The quantitative estimate of drug-likeness (QED) is 0.692. The minimum absolute atomic E-state index is 0.0880. The van der Waals surface area contributed by atoms with Crippen LogP contribution in [0.3, 0.4) is 0 Å². The van der Waals surface area contributed by atoms with Gasteiger partial charge in [-0.3, -0.25) is 0 Å². The molecule has 0 radical (unpaired) electrons. The predicted molar refractivity (Wildman–Crippen MR) is 83.7 cm³/mol. The maximum atomic E-state index is 9.02. The Morgan fingerprint density at radius 2 is 1.19 bits per heavy atom. The maximum absolute atomic E-state index is 9.02. The van der Waals surface area contributed by atoms with Crippen molar-refractivity contribution in [1.82, 2.24) is 0 Å². The molecule has 4 heteroatoms. The Morgan fingerprint density at radius 3 is 1.48 bits per heavy atom. The van der Waals surface area contributed by atoms with Gasteiger partial charge in [-0.25, -0.2) is 0 Å². The normalized spacial score (nSPS) is 9.67. The van der Waals surface area contributed by atoms with E-state index in [9.17, 15) is 0 Å². The van der Waals surface area contributed by atoms with Crippen LogP contribution < -0.4 is 0 Å². The van der Waals surface area contributed by atoms with E-state index in [0.29, 0.717) is 5.75 Å². The minimum Gasteiger partial charge on any atom is -0.508 e. The Hall–Kier alpha value is -2.49. The van der Waals surface area contributed by atoms with Crippen molar-refractivity contribution in [2.45, 2.75) is 26.2 Å². The van der Waals surface area contributed by atoms with Crippen molar-refractivity contribution in [3.8, 4) is 17.2 Å². The third-order valence-electron chi connectivity index (χ3n) is 2.56. The topological polar surface area (TPSA) is 77.8 Å². The number of hydrogen-bond donors (Lipinski definition) is 3. The van der Waals surface area contributed by atoms with Crippen molar-refractivity contribution >= 4 is 6.79 Å². The van der Waals surface area contributed by atoms with Gasteiger partial charge in [0.25, 0.3) is 0 Å². The molecule has 114 valence electrons. The van der Waals surface area contributed by atoms with Crippen molar-refractivity contribution in [3.05, 3.63) is 54.1 Å². The molecule has 0 atom stereocenters. The van der Waals surface area contributed by atoms with Crippen LogP contribution in [0.2, 0.25) is 0 Å². The summed E-state index contributed by atoms with van der Waals surface area (Å²) in [7, 11) is 0. The number of aromatic hydroxyl groups is 3. The molecule has 0 heterocycles. The van der Waals surface area contributed by atoms with Crippen molar-refractivity contribution in [3.63, 3.8) is 0 Å². The van der Waals surface area contributed by atoms with E-state index in [1.807, 2.05) is 18.9 Å². The fourth-order valence-electron chi connectivity index (χ4n) is 1.45. The van der Waals surface area contributed by atoms with E-state index in [1.54, 1.807) is 18.2 Å². The molecule has 21 heavy (non-hydrogen) atoms. The van der Waals surface area contributed by atoms with Crippen molar-refractivity contribution in [1.29, 1.82) is 0 Å². The third kappa shape index (κ3) is 7.62. The minimum atomic E-state index is 0.0880. The first kappa shape index (κ1) is 18.5. The second-order valence-corrected chi connectivity index (χ2v) is 5.32. The second-order valence-electron chi connectivity index (χ2n) is 5.32. The molecule has 0 aromatic heterocycles. The van der Waals surface area contributed by atoms with E-state index in [-0.39, 0.29) is 16.9 Å². The molecule has 0 aliphatic rings. The first-order valence-corrected chi connectivity index (χ1v) is 6.35. The van der Waals surface area contributed by atoms with Gasteiger partial charge in [0.05, 0.1) is 0 Å². The van der Waals surface area contributed by atoms with Gasteiger partial charge in [0.1, 0.15) is 24.0 Å². The lowest BCUT2D eigenvalue weighted by atomic mass is 9.87. The van der Waals surface area contributed by atoms with Crippen molar-refractivity contribution in [2.24, 2.45) is 0 Å². The number of benzene rings is 2. The summed E-state index contributed by atoms with van der Waals surface area (Å²) in [4.78, 5) is 8.00.